The lowest BCUT2D eigenvalue weighted by molar-refractivity contribution is -0.256. The van der Waals surface area contributed by atoms with Gasteiger partial charge in [0.05, 0.1) is 30.1 Å². The summed E-state index contributed by atoms with van der Waals surface area (Å²) in [5.74, 6) is 0.199. The van der Waals surface area contributed by atoms with Crippen molar-refractivity contribution in [2.45, 2.75) is 71.5 Å². The molecule has 174 valence electrons. The van der Waals surface area contributed by atoms with E-state index >= 15 is 0 Å². The summed E-state index contributed by atoms with van der Waals surface area (Å²) in [6.45, 7) is 7.06. The molecule has 0 radical (unpaired) electrons. The van der Waals surface area contributed by atoms with Crippen molar-refractivity contribution in [2.24, 2.45) is 0 Å². The number of rotatable bonds is 6. The third-order valence-electron chi connectivity index (χ3n) is 7.12. The number of nitrogens with zero attached hydrogens (tertiary/aromatic N) is 2. The van der Waals surface area contributed by atoms with Crippen molar-refractivity contribution in [1.29, 1.82) is 0 Å². The fraction of sp³-hybridized carbons (Fsp3) is 0.462. The first-order valence-electron chi connectivity index (χ1n) is 11.8. The molecule has 0 saturated carbocycles. The highest BCUT2D eigenvalue weighted by atomic mass is 16.6. The van der Waals surface area contributed by atoms with Crippen LogP contribution in [0.2, 0.25) is 0 Å². The Morgan fingerprint density at radius 2 is 2.06 bits per heavy atom. The standard InChI is InChI=1S/C26H30N2O5/c1-4-7-10-33-26(6-3)20-12-22-23-18(13-28(22)24(30)19(20)14-32-25(26)31)16(5-2)17-11-15(29)8-9-21(17)27-23/h8-9,11-12,25,29,31H,4-7,10,13-14H2,1-3H3. The molecule has 2 atom stereocenters. The Hall–Kier alpha value is -2.74. The number of aromatic hydroxyl groups is 1. The predicted octanol–water partition coefficient (Wildman–Crippen LogP) is 3.96. The summed E-state index contributed by atoms with van der Waals surface area (Å²) < 4.78 is 13.7. The smallest absolute Gasteiger partial charge is 0.257 e. The summed E-state index contributed by atoms with van der Waals surface area (Å²) >= 11 is 0. The van der Waals surface area contributed by atoms with Crippen LogP contribution in [-0.4, -0.2) is 32.7 Å². The molecule has 7 nitrogen and oxygen atoms in total. The van der Waals surface area contributed by atoms with Gasteiger partial charge in [0.25, 0.3) is 5.56 Å². The van der Waals surface area contributed by atoms with Gasteiger partial charge in [-0.25, -0.2) is 4.98 Å². The van der Waals surface area contributed by atoms with Crippen molar-refractivity contribution in [3.8, 4) is 17.1 Å². The van der Waals surface area contributed by atoms with Gasteiger partial charge in [-0.1, -0.05) is 27.2 Å². The predicted molar refractivity (Wildman–Crippen MR) is 125 cm³/mol. The molecule has 0 spiro atoms. The van der Waals surface area contributed by atoms with Gasteiger partial charge in [-0.2, -0.15) is 0 Å². The Morgan fingerprint density at radius 1 is 1.24 bits per heavy atom. The number of hydrogen-bond acceptors (Lipinski definition) is 6. The van der Waals surface area contributed by atoms with Gasteiger partial charge in [0.2, 0.25) is 0 Å². The number of ether oxygens (including phenoxy) is 2. The van der Waals surface area contributed by atoms with Gasteiger partial charge in [0.1, 0.15) is 11.4 Å². The zero-order valence-electron chi connectivity index (χ0n) is 19.4. The molecule has 5 rings (SSSR count). The minimum atomic E-state index is -1.14. The van der Waals surface area contributed by atoms with Crippen molar-refractivity contribution < 1.29 is 19.7 Å². The minimum absolute atomic E-state index is 0.0504. The number of phenolic OH excluding ortho intramolecular Hbond substituents is 1. The highest BCUT2D eigenvalue weighted by Gasteiger charge is 2.47. The number of aromatic nitrogens is 2. The Kier molecular flexibility index (Phi) is 5.51. The molecule has 0 aliphatic carbocycles. The first kappa shape index (κ1) is 22.1. The number of pyridine rings is 2. The van der Waals surface area contributed by atoms with E-state index in [1.54, 1.807) is 16.7 Å². The van der Waals surface area contributed by atoms with Crippen molar-refractivity contribution in [1.82, 2.24) is 9.55 Å². The zero-order chi connectivity index (χ0) is 23.3. The monoisotopic (exact) mass is 450 g/mol. The maximum atomic E-state index is 13.6. The van der Waals surface area contributed by atoms with Crippen LogP contribution >= 0.6 is 0 Å². The molecule has 33 heavy (non-hydrogen) atoms. The van der Waals surface area contributed by atoms with Crippen LogP contribution < -0.4 is 5.56 Å². The summed E-state index contributed by atoms with van der Waals surface area (Å²) in [7, 11) is 0. The fourth-order valence-corrected chi connectivity index (χ4v) is 5.30. The van der Waals surface area contributed by atoms with Gasteiger partial charge in [-0.3, -0.25) is 4.79 Å². The fourth-order valence-electron chi connectivity index (χ4n) is 5.30. The Balaban J connectivity index is 1.74. The second-order valence-corrected chi connectivity index (χ2v) is 8.89. The van der Waals surface area contributed by atoms with Crippen LogP contribution in [0, 0.1) is 0 Å². The number of fused-ring (bicyclic) bond motifs is 5. The highest BCUT2D eigenvalue weighted by Crippen LogP contribution is 2.43. The third kappa shape index (κ3) is 3.21. The van der Waals surface area contributed by atoms with Crippen molar-refractivity contribution in [3.05, 3.63) is 56.9 Å². The van der Waals surface area contributed by atoms with Crippen LogP contribution in [0.25, 0.3) is 22.3 Å². The van der Waals surface area contributed by atoms with Crippen LogP contribution in [-0.2, 0) is 34.6 Å². The quantitative estimate of drug-likeness (QED) is 0.432. The zero-order valence-corrected chi connectivity index (χ0v) is 19.4. The SMILES string of the molecule is CCCCOC1(CC)c2cc3n(c(=O)c2COC1O)Cc1c-3nc2ccc(O)cc2c1CC. The lowest BCUT2D eigenvalue weighted by Gasteiger charge is -2.41. The molecule has 0 bridgehead atoms. The van der Waals surface area contributed by atoms with E-state index in [0.717, 1.165) is 52.7 Å². The molecule has 2 aromatic heterocycles. The van der Waals surface area contributed by atoms with Crippen molar-refractivity contribution >= 4 is 10.9 Å². The summed E-state index contributed by atoms with van der Waals surface area (Å²) in [6, 6.07) is 7.16. The molecule has 0 saturated heterocycles. The number of phenols is 1. The number of benzene rings is 1. The molecule has 4 heterocycles. The van der Waals surface area contributed by atoms with E-state index in [9.17, 15) is 15.0 Å². The van der Waals surface area contributed by atoms with E-state index in [4.69, 9.17) is 14.5 Å². The van der Waals surface area contributed by atoms with Crippen LogP contribution in [0.1, 0.15) is 62.3 Å². The van der Waals surface area contributed by atoms with E-state index in [2.05, 4.69) is 13.8 Å². The van der Waals surface area contributed by atoms with E-state index in [1.807, 2.05) is 19.1 Å². The largest absolute Gasteiger partial charge is 0.508 e. The van der Waals surface area contributed by atoms with Gasteiger partial charge in [0.15, 0.2) is 6.29 Å². The molecule has 2 aliphatic rings. The molecule has 2 aliphatic heterocycles. The lowest BCUT2D eigenvalue weighted by Crippen LogP contribution is -2.49. The minimum Gasteiger partial charge on any atom is -0.508 e. The summed E-state index contributed by atoms with van der Waals surface area (Å²) in [5, 5.41) is 21.8. The molecular weight excluding hydrogens is 420 g/mol. The van der Waals surface area contributed by atoms with Crippen LogP contribution in [0.5, 0.6) is 5.75 Å². The maximum Gasteiger partial charge on any atom is 0.257 e. The number of aliphatic hydroxyl groups is 1. The van der Waals surface area contributed by atoms with Gasteiger partial charge < -0.3 is 24.3 Å². The average Bonchev–Trinajstić information content (AvgIpc) is 3.18. The normalized spacial score (nSPS) is 21.2. The third-order valence-corrected chi connectivity index (χ3v) is 7.12. The van der Waals surface area contributed by atoms with Crippen LogP contribution in [0.4, 0.5) is 0 Å². The molecule has 3 aromatic rings. The molecule has 2 N–H and O–H groups in total. The molecule has 7 heteroatoms. The molecule has 2 unspecified atom stereocenters. The van der Waals surface area contributed by atoms with Gasteiger partial charge in [-0.05, 0) is 49.1 Å². The van der Waals surface area contributed by atoms with E-state index in [0.29, 0.717) is 30.7 Å². The molecule has 0 fully saturated rings. The second-order valence-electron chi connectivity index (χ2n) is 8.89. The first-order valence-corrected chi connectivity index (χ1v) is 11.8. The summed E-state index contributed by atoms with van der Waals surface area (Å²) in [5.41, 5.74) is 4.43. The van der Waals surface area contributed by atoms with Gasteiger partial charge >= 0.3 is 0 Å². The van der Waals surface area contributed by atoms with Gasteiger partial charge in [-0.15, -0.1) is 0 Å². The van der Waals surface area contributed by atoms with E-state index in [-0.39, 0.29) is 17.9 Å². The Bertz CT molecular complexity index is 1300. The second kappa shape index (κ2) is 8.24. The highest BCUT2D eigenvalue weighted by molar-refractivity contribution is 5.89. The Morgan fingerprint density at radius 3 is 2.79 bits per heavy atom. The maximum absolute atomic E-state index is 13.6. The average molecular weight is 451 g/mol. The topological polar surface area (TPSA) is 93.8 Å². The first-order chi connectivity index (χ1) is 15.9. The van der Waals surface area contributed by atoms with Crippen LogP contribution in [0.15, 0.2) is 29.1 Å². The lowest BCUT2D eigenvalue weighted by atomic mass is 9.84. The summed E-state index contributed by atoms with van der Waals surface area (Å²) in [4.78, 5) is 18.5. The van der Waals surface area contributed by atoms with Crippen molar-refractivity contribution in [2.75, 3.05) is 6.61 Å². The van der Waals surface area contributed by atoms with E-state index < -0.39 is 11.9 Å². The number of unbranched alkanes of at least 4 members (excludes halogenated alkanes) is 1. The number of aryl methyl sites for hydroxylation is 1. The van der Waals surface area contributed by atoms with E-state index in [1.165, 1.54) is 0 Å². The van der Waals surface area contributed by atoms with Crippen molar-refractivity contribution in [3.63, 3.8) is 0 Å². The molecule has 0 amide bonds. The number of hydrogen-bond donors (Lipinski definition) is 2. The molecule has 1 aromatic carbocycles. The summed E-state index contributed by atoms with van der Waals surface area (Å²) in [6.07, 6.45) is 1.92. The Labute approximate surface area is 192 Å². The van der Waals surface area contributed by atoms with Crippen LogP contribution in [0.3, 0.4) is 0 Å². The molecular formula is C26H30N2O5. The number of aliphatic hydroxyl groups excluding tert-OH is 1. The van der Waals surface area contributed by atoms with Gasteiger partial charge in [0, 0.05) is 28.7 Å².